The van der Waals surface area contributed by atoms with Crippen molar-refractivity contribution in [3.63, 3.8) is 0 Å². The van der Waals surface area contributed by atoms with Gasteiger partial charge < -0.3 is 9.73 Å². The van der Waals surface area contributed by atoms with E-state index in [4.69, 9.17) is 4.42 Å². The van der Waals surface area contributed by atoms with Crippen LogP contribution in [0.1, 0.15) is 31.9 Å². The van der Waals surface area contributed by atoms with E-state index in [9.17, 15) is 9.18 Å². The number of amides is 1. The molecule has 5 heteroatoms. The van der Waals surface area contributed by atoms with Crippen molar-refractivity contribution in [2.24, 2.45) is 11.3 Å². The van der Waals surface area contributed by atoms with Crippen LogP contribution in [0, 0.1) is 17.2 Å². The lowest BCUT2D eigenvalue weighted by atomic mass is 9.90. The summed E-state index contributed by atoms with van der Waals surface area (Å²) in [5.41, 5.74) is 1.96. The molecule has 1 aromatic carbocycles. The van der Waals surface area contributed by atoms with E-state index in [0.717, 1.165) is 44.7 Å². The van der Waals surface area contributed by atoms with Gasteiger partial charge in [-0.3, -0.25) is 9.69 Å². The van der Waals surface area contributed by atoms with E-state index in [0.29, 0.717) is 5.69 Å². The van der Waals surface area contributed by atoms with Crippen molar-refractivity contribution in [2.75, 3.05) is 25.0 Å². The molecule has 2 aliphatic rings. The van der Waals surface area contributed by atoms with E-state index < -0.39 is 0 Å². The maximum Gasteiger partial charge on any atom is 0.228 e. The molecule has 142 valence electrons. The van der Waals surface area contributed by atoms with Crippen LogP contribution in [0.5, 0.6) is 0 Å². The summed E-state index contributed by atoms with van der Waals surface area (Å²) in [4.78, 5) is 15.0. The predicted octanol–water partition coefficient (Wildman–Crippen LogP) is 4.56. The van der Waals surface area contributed by atoms with Crippen LogP contribution < -0.4 is 5.32 Å². The van der Waals surface area contributed by atoms with Crippen molar-refractivity contribution in [1.82, 2.24) is 4.90 Å². The lowest BCUT2D eigenvalue weighted by molar-refractivity contribution is -0.118. The molecular weight excluding hydrogens is 343 g/mol. The highest BCUT2D eigenvalue weighted by molar-refractivity contribution is 5.95. The fourth-order valence-electron chi connectivity index (χ4n) is 4.24. The first kappa shape index (κ1) is 18.0. The zero-order chi connectivity index (χ0) is 18.9. The van der Waals surface area contributed by atoms with Gasteiger partial charge in [0.1, 0.15) is 11.6 Å². The number of benzene rings is 1. The van der Waals surface area contributed by atoms with Crippen LogP contribution in [-0.4, -0.2) is 30.4 Å². The Hall–Kier alpha value is -2.40. The molecule has 2 heterocycles. The quantitative estimate of drug-likeness (QED) is 0.841. The smallest absolute Gasteiger partial charge is 0.228 e. The lowest BCUT2D eigenvalue weighted by Gasteiger charge is -2.33. The molecule has 1 saturated carbocycles. The average Bonchev–Trinajstić information content (AvgIpc) is 3.09. The normalized spacial score (nSPS) is 22.0. The van der Waals surface area contributed by atoms with Crippen LogP contribution in [0.2, 0.25) is 0 Å². The van der Waals surface area contributed by atoms with Gasteiger partial charge in [0.05, 0.1) is 6.26 Å². The van der Waals surface area contributed by atoms with E-state index in [1.807, 2.05) is 12.1 Å². The Balaban J connectivity index is 1.27. The van der Waals surface area contributed by atoms with Gasteiger partial charge in [0, 0.05) is 18.2 Å². The average molecular weight is 368 g/mol. The fourth-order valence-corrected chi connectivity index (χ4v) is 4.24. The van der Waals surface area contributed by atoms with Gasteiger partial charge in [-0.2, -0.15) is 0 Å². The van der Waals surface area contributed by atoms with Gasteiger partial charge in [-0.15, -0.1) is 0 Å². The number of hydrogen-bond donors (Lipinski definition) is 1. The number of halogens is 1. The molecule has 2 fully saturated rings. The van der Waals surface area contributed by atoms with Crippen molar-refractivity contribution >= 4 is 17.7 Å². The van der Waals surface area contributed by atoms with Gasteiger partial charge in [-0.05, 0) is 81.1 Å². The molecule has 1 spiro atoms. The first-order valence-electron chi connectivity index (χ1n) is 9.54. The molecule has 4 rings (SSSR count). The van der Waals surface area contributed by atoms with Gasteiger partial charge in [0.15, 0.2) is 0 Å². The first-order chi connectivity index (χ1) is 13.0. The van der Waals surface area contributed by atoms with Crippen molar-refractivity contribution in [3.05, 3.63) is 59.8 Å². The molecule has 1 aliphatic carbocycles. The van der Waals surface area contributed by atoms with Crippen LogP contribution >= 0.6 is 0 Å². The van der Waals surface area contributed by atoms with E-state index in [-0.39, 0.29) is 23.1 Å². The second kappa shape index (κ2) is 7.31. The van der Waals surface area contributed by atoms with E-state index >= 15 is 0 Å². The summed E-state index contributed by atoms with van der Waals surface area (Å²) in [5, 5.41) is 2.87. The molecule has 2 aromatic rings. The molecule has 27 heavy (non-hydrogen) atoms. The van der Waals surface area contributed by atoms with Crippen LogP contribution in [0.4, 0.5) is 10.1 Å². The van der Waals surface area contributed by atoms with Crippen molar-refractivity contribution < 1.29 is 13.6 Å². The van der Waals surface area contributed by atoms with Crippen LogP contribution in [0.25, 0.3) is 6.08 Å². The Labute approximate surface area is 159 Å². The fraction of sp³-hybridized carbons (Fsp3) is 0.409. The summed E-state index contributed by atoms with van der Waals surface area (Å²) in [6, 6.07) is 9.94. The van der Waals surface area contributed by atoms with Gasteiger partial charge in [-0.25, -0.2) is 4.39 Å². The summed E-state index contributed by atoms with van der Waals surface area (Å²) >= 11 is 0. The maximum absolute atomic E-state index is 13.3. The van der Waals surface area contributed by atoms with Crippen LogP contribution in [0.15, 0.2) is 52.7 Å². The van der Waals surface area contributed by atoms with E-state index in [1.165, 1.54) is 17.7 Å². The van der Waals surface area contributed by atoms with Crippen molar-refractivity contribution in [3.8, 4) is 0 Å². The SMILES string of the molecule is CC(=Cc1ccco1)CN1CCC2(CC1)CC2C(=O)Nc1cccc(F)c1. The highest BCUT2D eigenvalue weighted by atomic mass is 19.1. The molecular formula is C22H25FN2O2. The number of nitrogens with one attached hydrogen (secondary N) is 1. The molecule has 4 nitrogen and oxygen atoms in total. The zero-order valence-electron chi connectivity index (χ0n) is 15.6. The second-order valence-electron chi connectivity index (χ2n) is 7.90. The highest BCUT2D eigenvalue weighted by Gasteiger charge is 2.58. The number of carbonyl (C=O) groups excluding carboxylic acids is 1. The minimum Gasteiger partial charge on any atom is -0.465 e. The molecule has 0 radical (unpaired) electrons. The summed E-state index contributed by atoms with van der Waals surface area (Å²) in [7, 11) is 0. The number of furan rings is 1. The molecule has 1 aliphatic heterocycles. The number of nitrogens with zero attached hydrogens (tertiary/aromatic N) is 1. The Kier molecular flexibility index (Phi) is 4.87. The Morgan fingerprint density at radius 3 is 2.85 bits per heavy atom. The topological polar surface area (TPSA) is 45.5 Å². The minimum atomic E-state index is -0.329. The first-order valence-corrected chi connectivity index (χ1v) is 9.54. The van der Waals surface area contributed by atoms with Crippen LogP contribution in [0.3, 0.4) is 0 Å². The number of carbonyl (C=O) groups is 1. The lowest BCUT2D eigenvalue weighted by Crippen LogP contribution is -2.37. The Bertz CT molecular complexity index is 836. The zero-order valence-corrected chi connectivity index (χ0v) is 15.6. The number of piperidine rings is 1. The summed E-state index contributed by atoms with van der Waals surface area (Å²) in [5.74, 6) is 0.646. The number of likely N-dealkylation sites (tertiary alicyclic amines) is 1. The van der Waals surface area contributed by atoms with E-state index in [2.05, 4.69) is 23.2 Å². The monoisotopic (exact) mass is 368 g/mol. The van der Waals surface area contributed by atoms with Crippen molar-refractivity contribution in [1.29, 1.82) is 0 Å². The van der Waals surface area contributed by atoms with Gasteiger partial charge >= 0.3 is 0 Å². The number of rotatable bonds is 5. The van der Waals surface area contributed by atoms with Gasteiger partial charge in [0.2, 0.25) is 5.91 Å². The van der Waals surface area contributed by atoms with Crippen LogP contribution in [-0.2, 0) is 4.79 Å². The molecule has 1 amide bonds. The molecule has 1 saturated heterocycles. The largest absolute Gasteiger partial charge is 0.465 e. The minimum absolute atomic E-state index is 0.0305. The Morgan fingerprint density at radius 1 is 1.33 bits per heavy atom. The van der Waals surface area contributed by atoms with Gasteiger partial charge in [0.25, 0.3) is 0 Å². The van der Waals surface area contributed by atoms with Crippen molar-refractivity contribution in [2.45, 2.75) is 26.2 Å². The summed E-state index contributed by atoms with van der Waals surface area (Å²) in [6.07, 6.45) is 6.80. The maximum atomic E-state index is 13.3. The summed E-state index contributed by atoms with van der Waals surface area (Å²) < 4.78 is 18.7. The standard InChI is InChI=1S/C22H25FN2O2/c1-16(12-19-6-3-11-27-19)15-25-9-7-22(8-10-25)14-20(22)21(26)24-18-5-2-4-17(23)13-18/h2-6,11-13,20H,7-10,14-15H2,1H3,(H,24,26). The van der Waals surface area contributed by atoms with E-state index in [1.54, 1.807) is 18.4 Å². The molecule has 1 N–H and O–H groups in total. The Morgan fingerprint density at radius 2 is 2.15 bits per heavy atom. The predicted molar refractivity (Wildman–Crippen MR) is 104 cm³/mol. The molecule has 1 atom stereocenters. The number of hydrogen-bond acceptors (Lipinski definition) is 3. The third-order valence-electron chi connectivity index (χ3n) is 5.86. The molecule has 0 bridgehead atoms. The molecule has 1 aromatic heterocycles. The summed E-state index contributed by atoms with van der Waals surface area (Å²) in [6.45, 7) is 5.07. The third kappa shape index (κ3) is 4.14. The third-order valence-corrected chi connectivity index (χ3v) is 5.86. The van der Waals surface area contributed by atoms with Gasteiger partial charge in [-0.1, -0.05) is 11.6 Å². The highest BCUT2D eigenvalue weighted by Crippen LogP contribution is 2.59. The number of anilines is 1. The second-order valence-corrected chi connectivity index (χ2v) is 7.90. The molecule has 1 unspecified atom stereocenters.